The summed E-state index contributed by atoms with van der Waals surface area (Å²) >= 11 is 0. The Bertz CT molecular complexity index is 1110. The van der Waals surface area contributed by atoms with E-state index in [0.717, 1.165) is 38.5 Å². The molecule has 70 heavy (non-hydrogen) atoms. The van der Waals surface area contributed by atoms with Gasteiger partial charge in [-0.1, -0.05) is 283 Å². The summed E-state index contributed by atoms with van der Waals surface area (Å²) in [7, 11) is 0. The van der Waals surface area contributed by atoms with Gasteiger partial charge in [-0.25, -0.2) is 0 Å². The Kier molecular flexibility index (Phi) is 49.2. The third kappa shape index (κ3) is 40.3. The van der Waals surface area contributed by atoms with E-state index in [4.69, 9.17) is 9.47 Å². The first kappa shape index (κ1) is 66.9. The van der Waals surface area contributed by atoms with Crippen molar-refractivity contribution in [3.8, 4) is 0 Å². The van der Waals surface area contributed by atoms with E-state index in [9.17, 15) is 30.3 Å². The van der Waals surface area contributed by atoms with Gasteiger partial charge in [-0.2, -0.15) is 0 Å². The summed E-state index contributed by atoms with van der Waals surface area (Å²) in [6.07, 6.45) is 56.7. The van der Waals surface area contributed by atoms with Crippen LogP contribution in [0.1, 0.15) is 316 Å². The summed E-state index contributed by atoms with van der Waals surface area (Å²) in [5, 5.41) is 54.8. The van der Waals surface area contributed by atoms with Crippen molar-refractivity contribution in [2.45, 2.75) is 358 Å². The largest absolute Gasteiger partial charge is 0.394 e. The highest BCUT2D eigenvalue weighted by atomic mass is 16.7. The molecule has 1 fully saturated rings. The molecule has 0 spiro atoms. The van der Waals surface area contributed by atoms with Crippen molar-refractivity contribution >= 4 is 5.91 Å². The molecule has 9 heteroatoms. The number of hydrogen-bond acceptors (Lipinski definition) is 8. The van der Waals surface area contributed by atoms with Gasteiger partial charge in [-0.15, -0.1) is 0 Å². The zero-order valence-corrected chi connectivity index (χ0v) is 46.3. The third-order valence-electron chi connectivity index (χ3n) is 15.1. The molecule has 1 amide bonds. The number of aliphatic hydroxyl groups is 5. The predicted molar refractivity (Wildman–Crippen MR) is 295 cm³/mol. The van der Waals surface area contributed by atoms with E-state index < -0.39 is 49.5 Å². The molecule has 0 aromatic heterocycles. The molecule has 7 unspecified atom stereocenters. The van der Waals surface area contributed by atoms with Gasteiger partial charge in [0.25, 0.3) is 0 Å². The number of hydrogen-bond donors (Lipinski definition) is 6. The van der Waals surface area contributed by atoms with Gasteiger partial charge in [0.2, 0.25) is 5.91 Å². The summed E-state index contributed by atoms with van der Waals surface area (Å²) in [4.78, 5) is 13.1. The molecule has 0 aliphatic carbocycles. The molecule has 9 nitrogen and oxygen atoms in total. The predicted octanol–water partition coefficient (Wildman–Crippen LogP) is 15.6. The van der Waals surface area contributed by atoms with Crippen LogP contribution in [0, 0.1) is 0 Å². The van der Waals surface area contributed by atoms with Crippen molar-refractivity contribution < 1.29 is 39.8 Å². The van der Waals surface area contributed by atoms with Gasteiger partial charge < -0.3 is 40.3 Å². The lowest BCUT2D eigenvalue weighted by molar-refractivity contribution is -0.302. The van der Waals surface area contributed by atoms with Crippen LogP contribution in [0.15, 0.2) is 12.2 Å². The highest BCUT2D eigenvalue weighted by Gasteiger charge is 2.44. The van der Waals surface area contributed by atoms with Crippen molar-refractivity contribution in [2.24, 2.45) is 0 Å². The van der Waals surface area contributed by atoms with Crippen LogP contribution < -0.4 is 5.32 Å². The van der Waals surface area contributed by atoms with Gasteiger partial charge in [-0.3, -0.25) is 4.79 Å². The number of rotatable bonds is 54. The van der Waals surface area contributed by atoms with Gasteiger partial charge in [0.1, 0.15) is 24.4 Å². The Morgan fingerprint density at radius 3 is 1.16 bits per heavy atom. The quantitative estimate of drug-likeness (QED) is 0.0261. The molecule has 1 saturated heterocycles. The Labute approximate surface area is 433 Å². The van der Waals surface area contributed by atoms with Crippen LogP contribution >= 0.6 is 0 Å². The molecule has 1 heterocycles. The van der Waals surface area contributed by atoms with E-state index in [2.05, 4.69) is 31.3 Å². The summed E-state index contributed by atoms with van der Waals surface area (Å²) in [6, 6.07) is -0.717. The zero-order chi connectivity index (χ0) is 50.8. The van der Waals surface area contributed by atoms with Gasteiger partial charge in [-0.05, 0) is 38.5 Å². The molecule has 0 aromatic rings. The molecule has 0 radical (unpaired) electrons. The van der Waals surface area contributed by atoms with Crippen LogP contribution in [0.5, 0.6) is 0 Å². The second kappa shape index (κ2) is 51.4. The van der Waals surface area contributed by atoms with Crippen molar-refractivity contribution in [1.82, 2.24) is 5.32 Å². The maximum absolute atomic E-state index is 13.1. The number of carbonyl (C=O) groups is 1. The number of carbonyl (C=O) groups excluding carboxylic acids is 1. The summed E-state index contributed by atoms with van der Waals surface area (Å²) in [5.74, 6) is -0.138. The number of ether oxygens (including phenoxy) is 2. The zero-order valence-electron chi connectivity index (χ0n) is 46.3. The molecule has 7 atom stereocenters. The lowest BCUT2D eigenvalue weighted by atomic mass is 9.99. The molecule has 1 aliphatic rings. The van der Waals surface area contributed by atoms with Gasteiger partial charge in [0.05, 0.1) is 25.4 Å². The summed E-state index contributed by atoms with van der Waals surface area (Å²) in [6.45, 7) is 3.89. The van der Waals surface area contributed by atoms with E-state index in [1.807, 2.05) is 0 Å². The van der Waals surface area contributed by atoms with Gasteiger partial charge in [0.15, 0.2) is 6.29 Å². The Morgan fingerprint density at radius 1 is 0.471 bits per heavy atom. The molecule has 416 valence electrons. The van der Waals surface area contributed by atoms with E-state index in [1.54, 1.807) is 0 Å². The van der Waals surface area contributed by atoms with Crippen LogP contribution in [0.25, 0.3) is 0 Å². The third-order valence-corrected chi connectivity index (χ3v) is 15.1. The van der Waals surface area contributed by atoms with Crippen LogP contribution in [-0.4, -0.2) is 87.5 Å². The van der Waals surface area contributed by atoms with Crippen molar-refractivity contribution in [2.75, 3.05) is 13.2 Å². The fourth-order valence-electron chi connectivity index (χ4n) is 10.2. The lowest BCUT2D eigenvalue weighted by Crippen LogP contribution is -2.60. The first-order chi connectivity index (χ1) is 34.3. The van der Waals surface area contributed by atoms with Crippen LogP contribution in [0.3, 0.4) is 0 Å². The van der Waals surface area contributed by atoms with E-state index in [1.165, 1.54) is 250 Å². The van der Waals surface area contributed by atoms with Crippen molar-refractivity contribution in [3.63, 3.8) is 0 Å². The molecule has 0 bridgehead atoms. The van der Waals surface area contributed by atoms with Crippen LogP contribution in [-0.2, 0) is 14.3 Å². The highest BCUT2D eigenvalue weighted by Crippen LogP contribution is 2.23. The number of aliphatic hydroxyl groups excluding tert-OH is 5. The smallest absolute Gasteiger partial charge is 0.220 e. The number of amides is 1. The molecule has 0 saturated carbocycles. The number of allylic oxidation sites excluding steroid dienone is 2. The van der Waals surface area contributed by atoms with E-state index in [-0.39, 0.29) is 12.5 Å². The molecule has 6 N–H and O–H groups in total. The monoisotopic (exact) mass is 994 g/mol. The Hall–Kier alpha value is -1.07. The standard InChI is InChI=1S/C61H119NO8/c1-3-5-7-9-11-13-15-17-19-21-23-25-27-28-29-31-33-35-37-39-41-43-45-47-49-51-57(65)62-54(53-69-61-60(68)59(67)58(66)56(52-63)70-61)55(64)50-48-46-44-42-40-38-36-34-32-30-26-24-22-20-18-16-14-12-10-8-6-4-2/h21,23,54-56,58-61,63-64,66-68H,3-20,22,24-53H2,1-2H3,(H,62,65)/b23-21-. The SMILES string of the molecule is CCCCCCCCCC/C=C\CCCCCCCCCCCCCCCC(=O)NC(COC1OC(CO)C(O)C(O)C1O)C(O)CCCCCCCCCCCCCCCCCCCCCCCC. The average Bonchev–Trinajstić information content (AvgIpc) is 3.36. The minimum Gasteiger partial charge on any atom is -0.394 e. The molecule has 1 rings (SSSR count). The second-order valence-electron chi connectivity index (χ2n) is 21.9. The second-order valence-corrected chi connectivity index (χ2v) is 21.9. The maximum Gasteiger partial charge on any atom is 0.220 e. The van der Waals surface area contributed by atoms with Gasteiger partial charge >= 0.3 is 0 Å². The fraction of sp³-hybridized carbons (Fsp3) is 0.951. The van der Waals surface area contributed by atoms with Crippen molar-refractivity contribution in [3.05, 3.63) is 12.2 Å². The molecule has 1 aliphatic heterocycles. The first-order valence-corrected chi connectivity index (χ1v) is 30.9. The number of unbranched alkanes of at least 4 members (excludes halogenated alkanes) is 42. The fourth-order valence-corrected chi connectivity index (χ4v) is 10.2. The molecular weight excluding hydrogens is 875 g/mol. The lowest BCUT2D eigenvalue weighted by Gasteiger charge is -2.40. The summed E-state index contributed by atoms with van der Waals surface area (Å²) < 4.78 is 11.3. The maximum atomic E-state index is 13.1. The highest BCUT2D eigenvalue weighted by molar-refractivity contribution is 5.76. The van der Waals surface area contributed by atoms with Crippen LogP contribution in [0.4, 0.5) is 0 Å². The molecular formula is C61H119NO8. The van der Waals surface area contributed by atoms with Gasteiger partial charge in [0, 0.05) is 6.42 Å². The average molecular weight is 995 g/mol. The normalized spacial score (nSPS) is 19.3. The van der Waals surface area contributed by atoms with E-state index in [0.29, 0.717) is 12.8 Å². The minimum atomic E-state index is -1.55. The Morgan fingerprint density at radius 2 is 0.800 bits per heavy atom. The Balaban J connectivity index is 2.17. The van der Waals surface area contributed by atoms with Crippen LogP contribution in [0.2, 0.25) is 0 Å². The van der Waals surface area contributed by atoms with E-state index >= 15 is 0 Å². The molecule has 0 aromatic carbocycles. The topological polar surface area (TPSA) is 149 Å². The summed E-state index contributed by atoms with van der Waals surface area (Å²) in [5.41, 5.74) is 0. The van der Waals surface area contributed by atoms with Crippen molar-refractivity contribution in [1.29, 1.82) is 0 Å². The minimum absolute atomic E-state index is 0.133. The number of nitrogens with one attached hydrogen (secondary N) is 1. The first-order valence-electron chi connectivity index (χ1n) is 30.9.